The third-order valence-electron chi connectivity index (χ3n) is 1.67. The molecule has 0 bridgehead atoms. The molecule has 0 aliphatic carbocycles. The maximum absolute atomic E-state index is 12.8. The molecule has 1 aromatic carbocycles. The molecule has 0 aliphatic rings. The van der Waals surface area contributed by atoms with E-state index in [2.05, 4.69) is 4.74 Å². The van der Waals surface area contributed by atoms with Crippen molar-refractivity contribution in [1.82, 2.24) is 0 Å². The van der Waals surface area contributed by atoms with Gasteiger partial charge in [-0.3, -0.25) is 0 Å². The molecule has 0 unspecified atom stereocenters. The van der Waals surface area contributed by atoms with Gasteiger partial charge in [0.1, 0.15) is 5.75 Å². The van der Waals surface area contributed by atoms with E-state index in [1.165, 1.54) is 6.07 Å². The molecule has 0 aromatic heterocycles. The molecule has 3 nitrogen and oxygen atoms in total. The second-order valence-electron chi connectivity index (χ2n) is 2.86. The van der Waals surface area contributed by atoms with Crippen LogP contribution in [0, 0.1) is 0 Å². The first-order valence-electron chi connectivity index (χ1n) is 4.25. The first kappa shape index (κ1) is 13.4. The molecule has 0 radical (unpaired) electrons. The zero-order chi connectivity index (χ0) is 13.0. The van der Waals surface area contributed by atoms with Crippen molar-refractivity contribution in [3.05, 3.63) is 34.6 Å². The van der Waals surface area contributed by atoms with Crippen molar-refractivity contribution in [3.63, 3.8) is 0 Å². The quantitative estimate of drug-likeness (QED) is 0.850. The minimum atomic E-state index is -3.10. The first-order valence-corrected chi connectivity index (χ1v) is 4.63. The van der Waals surface area contributed by atoms with E-state index in [4.69, 9.17) is 16.7 Å². The maximum Gasteiger partial charge on any atom is 0.387 e. The highest BCUT2D eigenvalue weighted by Gasteiger charge is 2.12. The maximum atomic E-state index is 12.8. The third kappa shape index (κ3) is 3.99. The molecule has 0 saturated carbocycles. The van der Waals surface area contributed by atoms with Gasteiger partial charge in [-0.05, 0) is 24.3 Å². The number of carbonyl (C=O) groups is 1. The number of carboxylic acid groups (broad SMARTS) is 1. The van der Waals surface area contributed by atoms with E-state index in [0.717, 1.165) is 12.1 Å². The number of ether oxygens (including phenoxy) is 1. The lowest BCUT2D eigenvalue weighted by molar-refractivity contribution is -0.134. The molecular formula is C10H6ClF3O3. The highest BCUT2D eigenvalue weighted by atomic mass is 35.5. The topological polar surface area (TPSA) is 46.5 Å². The number of aliphatic carboxylic acids is 1. The van der Waals surface area contributed by atoms with E-state index in [1.54, 1.807) is 0 Å². The summed E-state index contributed by atoms with van der Waals surface area (Å²) in [5.41, 5.74) is -0.183. The first-order chi connectivity index (χ1) is 7.90. The Labute approximate surface area is 99.1 Å². The Morgan fingerprint density at radius 3 is 2.65 bits per heavy atom. The molecule has 1 N–H and O–H groups in total. The fraction of sp³-hybridized carbons (Fsp3) is 0.100. The number of halogens is 4. The van der Waals surface area contributed by atoms with Crippen molar-refractivity contribution in [2.24, 2.45) is 0 Å². The number of rotatable bonds is 4. The van der Waals surface area contributed by atoms with Crippen molar-refractivity contribution in [2.45, 2.75) is 6.61 Å². The van der Waals surface area contributed by atoms with Crippen LogP contribution in [0.15, 0.2) is 24.0 Å². The van der Waals surface area contributed by atoms with Crippen molar-refractivity contribution in [1.29, 1.82) is 0 Å². The van der Waals surface area contributed by atoms with Gasteiger partial charge < -0.3 is 9.84 Å². The molecule has 92 valence electrons. The van der Waals surface area contributed by atoms with Gasteiger partial charge in [0.05, 0.1) is 0 Å². The molecule has 1 rings (SSSR count). The van der Waals surface area contributed by atoms with E-state index in [1.807, 2.05) is 0 Å². The lowest BCUT2D eigenvalue weighted by Gasteiger charge is -2.08. The van der Waals surface area contributed by atoms with E-state index in [0.29, 0.717) is 6.08 Å². The van der Waals surface area contributed by atoms with Crippen LogP contribution in [0.5, 0.6) is 5.75 Å². The van der Waals surface area contributed by atoms with E-state index < -0.39 is 18.4 Å². The Bertz CT molecular complexity index is 460. The number of hydrogen-bond acceptors (Lipinski definition) is 2. The molecule has 0 saturated heterocycles. The predicted octanol–water partition coefficient (Wildman–Crippen LogP) is 3.34. The van der Waals surface area contributed by atoms with Crippen LogP contribution in [-0.2, 0) is 4.79 Å². The van der Waals surface area contributed by atoms with Crippen LogP contribution in [0.25, 0.3) is 6.08 Å². The van der Waals surface area contributed by atoms with Gasteiger partial charge in [0.2, 0.25) is 5.83 Å². The van der Waals surface area contributed by atoms with E-state index in [9.17, 15) is 18.0 Å². The standard InChI is InChI=1S/C10H6ClF3O3/c11-6-1-2-8(17-10(13)14)5(3-6)4-7(12)9(15)16/h1-4,10H,(H,15,16). The van der Waals surface area contributed by atoms with Crippen molar-refractivity contribution in [2.75, 3.05) is 0 Å². The lowest BCUT2D eigenvalue weighted by atomic mass is 10.2. The number of carboxylic acids is 1. The Morgan fingerprint density at radius 1 is 1.47 bits per heavy atom. The van der Waals surface area contributed by atoms with Gasteiger partial charge in [0.15, 0.2) is 0 Å². The summed E-state index contributed by atoms with van der Waals surface area (Å²) in [6, 6.07) is 3.46. The summed E-state index contributed by atoms with van der Waals surface area (Å²) < 4.78 is 40.9. The van der Waals surface area contributed by atoms with Crippen LogP contribution in [0.3, 0.4) is 0 Å². The van der Waals surface area contributed by atoms with Crippen molar-refractivity contribution in [3.8, 4) is 5.75 Å². The predicted molar refractivity (Wildman–Crippen MR) is 54.8 cm³/mol. The van der Waals surface area contributed by atoms with Gasteiger partial charge in [-0.2, -0.15) is 13.2 Å². The van der Waals surface area contributed by atoms with Crippen LogP contribution in [0.1, 0.15) is 5.56 Å². The fourth-order valence-corrected chi connectivity index (χ4v) is 1.21. The normalized spacial score (nSPS) is 11.7. The summed E-state index contributed by atoms with van der Waals surface area (Å²) in [5.74, 6) is -3.68. The van der Waals surface area contributed by atoms with Crippen molar-refractivity contribution >= 4 is 23.6 Å². The summed E-state index contributed by atoms with van der Waals surface area (Å²) in [5, 5.41) is 8.46. The molecule has 0 spiro atoms. The Morgan fingerprint density at radius 2 is 2.12 bits per heavy atom. The highest BCUT2D eigenvalue weighted by molar-refractivity contribution is 6.30. The molecule has 0 heterocycles. The minimum absolute atomic E-state index is 0.135. The Kier molecular flexibility index (Phi) is 4.39. The molecule has 7 heteroatoms. The molecule has 0 fully saturated rings. The third-order valence-corrected chi connectivity index (χ3v) is 1.91. The van der Waals surface area contributed by atoms with Gasteiger partial charge in [0, 0.05) is 10.6 Å². The average molecular weight is 267 g/mol. The molecule has 1 aromatic rings. The van der Waals surface area contributed by atoms with Gasteiger partial charge in [-0.1, -0.05) is 11.6 Å². The van der Waals surface area contributed by atoms with Gasteiger partial charge in [0.25, 0.3) is 0 Å². The van der Waals surface area contributed by atoms with Crippen molar-refractivity contribution < 1.29 is 27.8 Å². The zero-order valence-electron chi connectivity index (χ0n) is 8.16. The summed E-state index contributed by atoms with van der Waals surface area (Å²) in [6.45, 7) is -3.10. The number of benzene rings is 1. The smallest absolute Gasteiger partial charge is 0.387 e. The monoisotopic (exact) mass is 266 g/mol. The summed E-state index contributed by atoms with van der Waals surface area (Å²) in [6.07, 6.45) is 0.548. The molecule has 17 heavy (non-hydrogen) atoms. The second kappa shape index (κ2) is 5.58. The SMILES string of the molecule is O=C(O)C(F)=Cc1cc(Cl)ccc1OC(F)F. The molecular weight excluding hydrogens is 261 g/mol. The second-order valence-corrected chi connectivity index (χ2v) is 3.29. The van der Waals surface area contributed by atoms with Crippen LogP contribution in [-0.4, -0.2) is 17.7 Å². The summed E-state index contributed by atoms with van der Waals surface area (Å²) >= 11 is 5.57. The van der Waals surface area contributed by atoms with Crippen LogP contribution in [0.2, 0.25) is 5.02 Å². The Balaban J connectivity index is 3.15. The minimum Gasteiger partial charge on any atom is -0.476 e. The van der Waals surface area contributed by atoms with Crippen LogP contribution in [0.4, 0.5) is 13.2 Å². The van der Waals surface area contributed by atoms with Crippen LogP contribution < -0.4 is 4.74 Å². The summed E-state index contributed by atoms with van der Waals surface area (Å²) in [4.78, 5) is 10.3. The van der Waals surface area contributed by atoms with Gasteiger partial charge >= 0.3 is 12.6 Å². The fourth-order valence-electron chi connectivity index (χ4n) is 1.03. The Hall–Kier alpha value is -1.69. The van der Waals surface area contributed by atoms with Crippen LogP contribution >= 0.6 is 11.6 Å². The van der Waals surface area contributed by atoms with Gasteiger partial charge in [-0.25, -0.2) is 4.79 Å². The van der Waals surface area contributed by atoms with Gasteiger partial charge in [-0.15, -0.1) is 0 Å². The zero-order valence-corrected chi connectivity index (χ0v) is 8.92. The molecule has 0 atom stereocenters. The largest absolute Gasteiger partial charge is 0.476 e. The highest BCUT2D eigenvalue weighted by Crippen LogP contribution is 2.26. The summed E-state index contributed by atoms with van der Waals surface area (Å²) in [7, 11) is 0. The number of alkyl halides is 2. The molecule has 0 aliphatic heterocycles. The molecule has 0 amide bonds. The number of hydrogen-bond donors (Lipinski definition) is 1. The lowest BCUT2D eigenvalue weighted by Crippen LogP contribution is -2.03. The van der Waals surface area contributed by atoms with E-state index >= 15 is 0 Å². The average Bonchev–Trinajstić information content (AvgIpc) is 2.21. The van der Waals surface area contributed by atoms with E-state index in [-0.39, 0.29) is 16.3 Å².